The van der Waals surface area contributed by atoms with Gasteiger partial charge in [-0.2, -0.15) is 0 Å². The van der Waals surface area contributed by atoms with Crippen LogP contribution in [0.3, 0.4) is 0 Å². The summed E-state index contributed by atoms with van der Waals surface area (Å²) in [5.74, 6) is 1.20. The van der Waals surface area contributed by atoms with Gasteiger partial charge in [0.2, 0.25) is 0 Å². The van der Waals surface area contributed by atoms with Gasteiger partial charge in [-0.1, -0.05) is 30.3 Å². The maximum absolute atomic E-state index is 5.86. The predicted molar refractivity (Wildman–Crippen MR) is 72.4 cm³/mol. The molecule has 0 fully saturated rings. The summed E-state index contributed by atoms with van der Waals surface area (Å²) in [4.78, 5) is 14.8. The minimum Gasteiger partial charge on any atom is -0.382 e. The summed E-state index contributed by atoms with van der Waals surface area (Å²) in [5.41, 5.74) is 8.59. The zero-order chi connectivity index (χ0) is 12.5. The fourth-order valence-corrected chi connectivity index (χ4v) is 2.03. The van der Waals surface area contributed by atoms with Crippen LogP contribution in [-0.2, 0) is 0 Å². The standard InChI is InChI=1S/C13H13N5/c1-18-7-10(9-5-3-2-4-6-9)17-11-12(14)15-8-16-13(11)18/h2-6,8H,7H2,1H3,(H2,14,15,16). The van der Waals surface area contributed by atoms with Gasteiger partial charge in [0.25, 0.3) is 0 Å². The van der Waals surface area contributed by atoms with Crippen LogP contribution in [0.2, 0.25) is 0 Å². The summed E-state index contributed by atoms with van der Waals surface area (Å²) in [5, 5.41) is 0. The molecular formula is C13H13N5. The average molecular weight is 239 g/mol. The van der Waals surface area contributed by atoms with Crippen LogP contribution >= 0.6 is 0 Å². The molecule has 0 bridgehead atoms. The highest BCUT2D eigenvalue weighted by atomic mass is 15.2. The Morgan fingerprint density at radius 3 is 2.72 bits per heavy atom. The number of aliphatic imine (C=N–C) groups is 1. The first-order valence-electron chi connectivity index (χ1n) is 5.70. The molecule has 0 saturated heterocycles. The molecule has 1 aromatic heterocycles. The molecule has 1 aliphatic rings. The largest absolute Gasteiger partial charge is 0.382 e. The van der Waals surface area contributed by atoms with Crippen LogP contribution in [0.4, 0.5) is 17.3 Å². The lowest BCUT2D eigenvalue weighted by molar-refractivity contribution is 0.975. The van der Waals surface area contributed by atoms with Gasteiger partial charge >= 0.3 is 0 Å². The maximum Gasteiger partial charge on any atom is 0.160 e. The smallest absolute Gasteiger partial charge is 0.160 e. The minimum atomic E-state index is 0.417. The van der Waals surface area contributed by atoms with E-state index in [2.05, 4.69) is 15.0 Å². The van der Waals surface area contributed by atoms with Crippen LogP contribution in [-0.4, -0.2) is 29.3 Å². The van der Waals surface area contributed by atoms with E-state index in [1.165, 1.54) is 6.33 Å². The van der Waals surface area contributed by atoms with Crippen molar-refractivity contribution in [2.24, 2.45) is 4.99 Å². The van der Waals surface area contributed by atoms with Crippen LogP contribution < -0.4 is 10.6 Å². The summed E-state index contributed by atoms with van der Waals surface area (Å²) in [7, 11) is 1.98. The SMILES string of the molecule is CN1CC(c2ccccc2)=Nc2c(N)ncnc21. The number of hydrogen-bond acceptors (Lipinski definition) is 5. The van der Waals surface area contributed by atoms with Crippen molar-refractivity contribution >= 4 is 23.0 Å². The molecule has 0 radical (unpaired) electrons. The second-order valence-electron chi connectivity index (χ2n) is 4.21. The van der Waals surface area contributed by atoms with Gasteiger partial charge in [-0.3, -0.25) is 0 Å². The van der Waals surface area contributed by atoms with Gasteiger partial charge in [-0.05, 0) is 5.56 Å². The van der Waals surface area contributed by atoms with E-state index in [9.17, 15) is 0 Å². The van der Waals surface area contributed by atoms with Crippen molar-refractivity contribution < 1.29 is 0 Å². The summed E-state index contributed by atoms with van der Waals surface area (Å²) in [6.07, 6.45) is 1.47. The second-order valence-corrected chi connectivity index (χ2v) is 4.21. The van der Waals surface area contributed by atoms with Crippen molar-refractivity contribution in [1.29, 1.82) is 0 Å². The molecule has 5 heteroatoms. The maximum atomic E-state index is 5.86. The summed E-state index contributed by atoms with van der Waals surface area (Å²) in [6, 6.07) is 10.1. The number of nitrogens with two attached hydrogens (primary N) is 1. The highest BCUT2D eigenvalue weighted by Gasteiger charge is 2.20. The number of nitrogen functional groups attached to an aromatic ring is 1. The van der Waals surface area contributed by atoms with E-state index < -0.39 is 0 Å². The van der Waals surface area contributed by atoms with E-state index in [1.54, 1.807) is 0 Å². The van der Waals surface area contributed by atoms with Gasteiger partial charge in [0, 0.05) is 7.05 Å². The Kier molecular flexibility index (Phi) is 2.44. The van der Waals surface area contributed by atoms with Crippen LogP contribution in [0.25, 0.3) is 0 Å². The number of nitrogens with zero attached hydrogens (tertiary/aromatic N) is 4. The molecule has 2 aromatic rings. The van der Waals surface area contributed by atoms with Crippen molar-refractivity contribution in [1.82, 2.24) is 9.97 Å². The summed E-state index contributed by atoms with van der Waals surface area (Å²) in [6.45, 7) is 0.716. The first-order valence-corrected chi connectivity index (χ1v) is 5.70. The average Bonchev–Trinajstić information content (AvgIpc) is 2.41. The van der Waals surface area contributed by atoms with Crippen molar-refractivity contribution in [3.8, 4) is 0 Å². The van der Waals surface area contributed by atoms with Gasteiger partial charge < -0.3 is 10.6 Å². The molecule has 5 nitrogen and oxygen atoms in total. The van der Waals surface area contributed by atoms with E-state index in [1.807, 2.05) is 42.3 Å². The first kappa shape index (κ1) is 10.7. The molecule has 1 aliphatic heterocycles. The van der Waals surface area contributed by atoms with Crippen molar-refractivity contribution in [2.45, 2.75) is 0 Å². The lowest BCUT2D eigenvalue weighted by Crippen LogP contribution is -2.30. The van der Waals surface area contributed by atoms with Crippen LogP contribution in [0.15, 0.2) is 41.7 Å². The summed E-state index contributed by atoms with van der Waals surface area (Å²) >= 11 is 0. The monoisotopic (exact) mass is 239 g/mol. The number of fused-ring (bicyclic) bond motifs is 1. The van der Waals surface area contributed by atoms with E-state index in [-0.39, 0.29) is 0 Å². The Hall–Kier alpha value is -2.43. The van der Waals surface area contributed by atoms with E-state index in [4.69, 9.17) is 5.73 Å². The molecule has 1 aromatic carbocycles. The normalized spacial score (nSPS) is 14.1. The van der Waals surface area contributed by atoms with Gasteiger partial charge in [-0.15, -0.1) is 0 Å². The van der Waals surface area contributed by atoms with Gasteiger partial charge in [0.05, 0.1) is 12.3 Å². The van der Waals surface area contributed by atoms with E-state index >= 15 is 0 Å². The molecule has 3 rings (SSSR count). The number of likely N-dealkylation sites (N-methyl/N-ethyl adjacent to an activating group) is 1. The van der Waals surface area contributed by atoms with Crippen molar-refractivity contribution in [2.75, 3.05) is 24.2 Å². The third kappa shape index (κ3) is 1.69. The van der Waals surface area contributed by atoms with Crippen molar-refractivity contribution in [3.05, 3.63) is 42.2 Å². The van der Waals surface area contributed by atoms with E-state index in [0.29, 0.717) is 18.1 Å². The number of hydrogen-bond donors (Lipinski definition) is 1. The van der Waals surface area contributed by atoms with Crippen molar-refractivity contribution in [3.63, 3.8) is 0 Å². The van der Waals surface area contributed by atoms with Gasteiger partial charge in [0.15, 0.2) is 11.6 Å². The molecular weight excluding hydrogens is 226 g/mol. The lowest BCUT2D eigenvalue weighted by atomic mass is 10.1. The van der Waals surface area contributed by atoms with E-state index in [0.717, 1.165) is 17.1 Å². The second kappa shape index (κ2) is 4.10. The molecule has 0 saturated carbocycles. The third-order valence-electron chi connectivity index (χ3n) is 2.93. The topological polar surface area (TPSA) is 67.4 Å². The minimum absolute atomic E-state index is 0.417. The highest BCUT2D eigenvalue weighted by Crippen LogP contribution is 2.33. The molecule has 2 N–H and O–H groups in total. The quantitative estimate of drug-likeness (QED) is 0.821. The molecule has 18 heavy (non-hydrogen) atoms. The highest BCUT2D eigenvalue weighted by molar-refractivity contribution is 6.07. The van der Waals surface area contributed by atoms with Gasteiger partial charge in [-0.25, -0.2) is 15.0 Å². The molecule has 0 amide bonds. The summed E-state index contributed by atoms with van der Waals surface area (Å²) < 4.78 is 0. The fourth-order valence-electron chi connectivity index (χ4n) is 2.03. The number of rotatable bonds is 1. The third-order valence-corrected chi connectivity index (χ3v) is 2.93. The number of aromatic nitrogens is 2. The molecule has 0 unspecified atom stereocenters. The molecule has 2 heterocycles. The Balaban J connectivity index is 2.13. The van der Waals surface area contributed by atoms with Gasteiger partial charge in [0.1, 0.15) is 12.0 Å². The Morgan fingerprint density at radius 2 is 1.94 bits per heavy atom. The Labute approximate surface area is 105 Å². The molecule has 0 atom stereocenters. The van der Waals surface area contributed by atoms with Crippen LogP contribution in [0.5, 0.6) is 0 Å². The zero-order valence-electron chi connectivity index (χ0n) is 10.0. The Morgan fingerprint density at radius 1 is 1.17 bits per heavy atom. The molecule has 0 spiro atoms. The number of anilines is 2. The predicted octanol–water partition coefficient (Wildman–Crippen LogP) is 1.63. The fraction of sp³-hybridized carbons (Fsp3) is 0.154. The first-order chi connectivity index (χ1) is 8.75. The van der Waals surface area contributed by atoms with Crippen LogP contribution in [0.1, 0.15) is 5.56 Å². The van der Waals surface area contributed by atoms with Crippen LogP contribution in [0, 0.1) is 0 Å². The number of benzene rings is 1. The Bertz CT molecular complexity index is 606. The lowest BCUT2D eigenvalue weighted by Gasteiger charge is -2.25. The molecule has 90 valence electrons. The zero-order valence-corrected chi connectivity index (χ0v) is 10.0. The molecule has 0 aliphatic carbocycles.